The lowest BCUT2D eigenvalue weighted by Gasteiger charge is -2.43. The topological polar surface area (TPSA) is 32.3 Å². The van der Waals surface area contributed by atoms with Gasteiger partial charge in [0, 0.05) is 11.1 Å². The SMILES string of the molecule is CC1=C(C(=O)NC(c2ccccc2)C(C)(C)N2CCCC2)C(Cl)CC=C1. The lowest BCUT2D eigenvalue weighted by atomic mass is 9.86. The Balaban J connectivity index is 1.91. The standard InChI is InChI=1S/C22H29ClN2O/c1-16-10-9-13-18(23)19(16)21(26)24-20(17-11-5-4-6-12-17)22(2,3)25-14-7-8-15-25/h4-6,9-12,18,20H,7-8,13-15H2,1-3H3,(H,24,26). The molecule has 0 spiro atoms. The van der Waals surface area contributed by atoms with E-state index in [9.17, 15) is 4.79 Å². The molecule has 26 heavy (non-hydrogen) atoms. The summed E-state index contributed by atoms with van der Waals surface area (Å²) in [6.07, 6.45) is 7.17. The fourth-order valence-corrected chi connectivity index (χ4v) is 4.51. The number of alkyl halides is 1. The first-order valence-electron chi connectivity index (χ1n) is 9.53. The monoisotopic (exact) mass is 372 g/mol. The van der Waals surface area contributed by atoms with Crippen LogP contribution in [0.15, 0.2) is 53.6 Å². The maximum Gasteiger partial charge on any atom is 0.249 e. The van der Waals surface area contributed by atoms with E-state index < -0.39 is 0 Å². The van der Waals surface area contributed by atoms with Gasteiger partial charge in [0.25, 0.3) is 0 Å². The summed E-state index contributed by atoms with van der Waals surface area (Å²) < 4.78 is 0. The predicted octanol–water partition coefficient (Wildman–Crippen LogP) is 4.60. The minimum atomic E-state index is -0.258. The molecule has 1 N–H and O–H groups in total. The minimum Gasteiger partial charge on any atom is -0.344 e. The third kappa shape index (κ3) is 3.89. The highest BCUT2D eigenvalue weighted by molar-refractivity contribution is 6.26. The van der Waals surface area contributed by atoms with Gasteiger partial charge in [-0.3, -0.25) is 9.69 Å². The molecule has 0 saturated carbocycles. The molecule has 1 aromatic rings. The van der Waals surface area contributed by atoms with Crippen LogP contribution in [0.3, 0.4) is 0 Å². The molecule has 0 aromatic heterocycles. The van der Waals surface area contributed by atoms with Gasteiger partial charge in [-0.05, 0) is 64.3 Å². The Morgan fingerprint density at radius 2 is 1.88 bits per heavy atom. The molecule has 1 saturated heterocycles. The van der Waals surface area contributed by atoms with Crippen LogP contribution in [0.4, 0.5) is 0 Å². The number of halogens is 1. The summed E-state index contributed by atoms with van der Waals surface area (Å²) in [5.41, 5.74) is 2.62. The van der Waals surface area contributed by atoms with Crippen LogP contribution in [0.5, 0.6) is 0 Å². The summed E-state index contributed by atoms with van der Waals surface area (Å²) in [5.74, 6) is -0.0482. The largest absolute Gasteiger partial charge is 0.344 e. The van der Waals surface area contributed by atoms with Crippen LogP contribution in [-0.4, -0.2) is 34.8 Å². The van der Waals surface area contributed by atoms with E-state index in [0.717, 1.165) is 24.2 Å². The summed E-state index contributed by atoms with van der Waals surface area (Å²) in [6, 6.07) is 10.2. The molecule has 2 unspecified atom stereocenters. The quantitative estimate of drug-likeness (QED) is 0.766. The van der Waals surface area contributed by atoms with Gasteiger partial charge in [-0.25, -0.2) is 0 Å². The van der Waals surface area contributed by atoms with E-state index >= 15 is 0 Å². The van der Waals surface area contributed by atoms with Gasteiger partial charge in [-0.1, -0.05) is 42.5 Å². The maximum atomic E-state index is 13.2. The van der Waals surface area contributed by atoms with Crippen LogP contribution < -0.4 is 5.32 Å². The Bertz CT molecular complexity index is 702. The summed E-state index contributed by atoms with van der Waals surface area (Å²) in [5, 5.41) is 3.07. The lowest BCUT2D eigenvalue weighted by molar-refractivity contribution is -0.119. The van der Waals surface area contributed by atoms with E-state index in [0.29, 0.717) is 12.0 Å². The number of carbonyl (C=O) groups is 1. The molecule has 1 amide bonds. The van der Waals surface area contributed by atoms with Gasteiger partial charge in [-0.2, -0.15) is 0 Å². The third-order valence-electron chi connectivity index (χ3n) is 5.73. The van der Waals surface area contributed by atoms with Gasteiger partial charge < -0.3 is 5.32 Å². The summed E-state index contributed by atoms with van der Waals surface area (Å²) in [7, 11) is 0. The average molecular weight is 373 g/mol. The first-order valence-corrected chi connectivity index (χ1v) is 9.97. The molecule has 1 fully saturated rings. The van der Waals surface area contributed by atoms with Crippen molar-refractivity contribution >= 4 is 17.5 Å². The van der Waals surface area contributed by atoms with Crippen molar-refractivity contribution in [2.24, 2.45) is 0 Å². The molecule has 3 nitrogen and oxygen atoms in total. The van der Waals surface area contributed by atoms with Gasteiger partial charge in [0.2, 0.25) is 5.91 Å². The first kappa shape index (κ1) is 19.2. The molecule has 1 heterocycles. The van der Waals surface area contributed by atoms with E-state index in [1.165, 1.54) is 12.8 Å². The average Bonchev–Trinajstić information content (AvgIpc) is 3.15. The van der Waals surface area contributed by atoms with Gasteiger partial charge in [0.15, 0.2) is 0 Å². The van der Waals surface area contributed by atoms with Gasteiger partial charge in [0.05, 0.1) is 11.4 Å². The predicted molar refractivity (Wildman–Crippen MR) is 108 cm³/mol. The highest BCUT2D eigenvalue weighted by Crippen LogP contribution is 2.34. The van der Waals surface area contributed by atoms with Crippen molar-refractivity contribution in [3.05, 3.63) is 59.2 Å². The zero-order valence-corrected chi connectivity index (χ0v) is 16.7. The fourth-order valence-electron chi connectivity index (χ4n) is 4.14. The maximum absolute atomic E-state index is 13.2. The van der Waals surface area contributed by atoms with E-state index in [-0.39, 0.29) is 22.9 Å². The normalized spacial score (nSPS) is 22.5. The number of nitrogens with one attached hydrogen (secondary N) is 1. The summed E-state index contributed by atoms with van der Waals surface area (Å²) in [6.45, 7) is 8.58. The highest BCUT2D eigenvalue weighted by atomic mass is 35.5. The molecule has 1 aromatic carbocycles. The van der Waals surface area contributed by atoms with Crippen molar-refractivity contribution in [2.45, 2.75) is 57.0 Å². The number of rotatable bonds is 5. The second-order valence-corrected chi connectivity index (χ2v) is 8.39. The smallest absolute Gasteiger partial charge is 0.249 e. The number of hydrogen-bond donors (Lipinski definition) is 1. The molecular formula is C22H29ClN2O. The van der Waals surface area contributed by atoms with Crippen LogP contribution >= 0.6 is 11.6 Å². The van der Waals surface area contributed by atoms with E-state index in [2.05, 4.69) is 36.2 Å². The number of carbonyl (C=O) groups excluding carboxylic acids is 1. The Morgan fingerprint density at radius 3 is 2.50 bits per heavy atom. The number of allylic oxidation sites excluding steroid dienone is 3. The van der Waals surface area contributed by atoms with Crippen LogP contribution in [-0.2, 0) is 4.79 Å². The van der Waals surface area contributed by atoms with Gasteiger partial charge in [-0.15, -0.1) is 11.6 Å². The second-order valence-electron chi connectivity index (χ2n) is 7.87. The zero-order chi connectivity index (χ0) is 18.7. The molecule has 2 atom stereocenters. The Morgan fingerprint density at radius 1 is 1.23 bits per heavy atom. The summed E-state index contributed by atoms with van der Waals surface area (Å²) >= 11 is 6.46. The van der Waals surface area contributed by atoms with Crippen molar-refractivity contribution in [1.82, 2.24) is 10.2 Å². The van der Waals surface area contributed by atoms with Crippen LogP contribution in [0.2, 0.25) is 0 Å². The van der Waals surface area contributed by atoms with E-state index in [1.54, 1.807) is 0 Å². The van der Waals surface area contributed by atoms with Gasteiger partial charge >= 0.3 is 0 Å². The second kappa shape index (κ2) is 7.98. The highest BCUT2D eigenvalue weighted by Gasteiger charge is 2.39. The molecule has 4 heteroatoms. The summed E-state index contributed by atoms with van der Waals surface area (Å²) in [4.78, 5) is 15.6. The molecule has 2 aliphatic rings. The van der Waals surface area contributed by atoms with E-state index in [4.69, 9.17) is 11.6 Å². The van der Waals surface area contributed by atoms with Crippen molar-refractivity contribution < 1.29 is 4.79 Å². The zero-order valence-electron chi connectivity index (χ0n) is 16.0. The number of benzene rings is 1. The lowest BCUT2D eigenvalue weighted by Crippen LogP contribution is -2.53. The Kier molecular flexibility index (Phi) is 5.89. The van der Waals surface area contributed by atoms with Crippen molar-refractivity contribution in [2.75, 3.05) is 13.1 Å². The van der Waals surface area contributed by atoms with Crippen LogP contribution in [0.25, 0.3) is 0 Å². The Labute approximate surface area is 162 Å². The van der Waals surface area contributed by atoms with Crippen molar-refractivity contribution in [1.29, 1.82) is 0 Å². The molecule has 3 rings (SSSR count). The number of nitrogens with zero attached hydrogens (tertiary/aromatic N) is 1. The molecule has 0 radical (unpaired) electrons. The van der Waals surface area contributed by atoms with Crippen LogP contribution in [0, 0.1) is 0 Å². The van der Waals surface area contributed by atoms with Crippen LogP contribution in [0.1, 0.15) is 51.6 Å². The Hall–Kier alpha value is -1.58. The minimum absolute atomic E-state index is 0.0482. The first-order chi connectivity index (χ1) is 12.4. The molecular weight excluding hydrogens is 344 g/mol. The van der Waals surface area contributed by atoms with Crippen molar-refractivity contribution in [3.8, 4) is 0 Å². The number of hydrogen-bond acceptors (Lipinski definition) is 2. The molecule has 1 aliphatic heterocycles. The molecule has 0 bridgehead atoms. The fraction of sp³-hybridized carbons (Fsp3) is 0.500. The van der Waals surface area contributed by atoms with E-state index in [1.807, 2.05) is 37.3 Å². The third-order valence-corrected chi connectivity index (χ3v) is 6.13. The van der Waals surface area contributed by atoms with Gasteiger partial charge in [0.1, 0.15) is 0 Å². The number of likely N-dealkylation sites (tertiary alicyclic amines) is 1. The number of amides is 1. The molecule has 1 aliphatic carbocycles. The molecule has 140 valence electrons. The van der Waals surface area contributed by atoms with Crippen molar-refractivity contribution in [3.63, 3.8) is 0 Å².